The van der Waals surface area contributed by atoms with E-state index in [2.05, 4.69) is 38.2 Å². The van der Waals surface area contributed by atoms with Crippen LogP contribution in [0.15, 0.2) is 36.5 Å². The Bertz CT molecular complexity index is 850. The van der Waals surface area contributed by atoms with E-state index in [0.29, 0.717) is 18.9 Å². The lowest BCUT2D eigenvalue weighted by molar-refractivity contribution is -0.145. The van der Waals surface area contributed by atoms with E-state index in [1.54, 1.807) is 33.1 Å². The Kier molecular flexibility index (Phi) is 13.5. The molecule has 214 valence electrons. The van der Waals surface area contributed by atoms with Crippen LogP contribution < -0.4 is 0 Å². The monoisotopic (exact) mass is 530 g/mol. The van der Waals surface area contributed by atoms with Crippen LogP contribution in [0.3, 0.4) is 0 Å². The number of rotatable bonds is 15. The molecule has 2 aliphatic rings. The zero-order valence-corrected chi connectivity index (χ0v) is 24.6. The van der Waals surface area contributed by atoms with Crippen LogP contribution in [0, 0.1) is 17.8 Å². The molecule has 0 radical (unpaired) electrons. The summed E-state index contributed by atoms with van der Waals surface area (Å²) in [4.78, 5) is 42.5. The molecule has 0 unspecified atom stereocenters. The summed E-state index contributed by atoms with van der Waals surface area (Å²) in [6.07, 6.45) is 16.7. The molecular formula is C31H50N2O5. The predicted molar refractivity (Wildman–Crippen MR) is 152 cm³/mol. The molecule has 6 atom stereocenters. The van der Waals surface area contributed by atoms with Gasteiger partial charge in [0.25, 0.3) is 0 Å². The molecule has 0 spiro atoms. The number of carbonyl (C=O) groups is 3. The molecule has 2 amide bonds. The van der Waals surface area contributed by atoms with Crippen LogP contribution in [-0.2, 0) is 23.9 Å². The van der Waals surface area contributed by atoms with Gasteiger partial charge in [-0.3, -0.25) is 14.4 Å². The fourth-order valence-corrected chi connectivity index (χ4v) is 5.94. The molecule has 1 fully saturated rings. The zero-order valence-electron chi connectivity index (χ0n) is 24.6. The molecular weight excluding hydrogens is 480 g/mol. The first-order chi connectivity index (χ1) is 18.2. The van der Waals surface area contributed by atoms with E-state index in [1.165, 1.54) is 0 Å². The third-order valence-electron chi connectivity index (χ3n) is 8.51. The molecule has 1 heterocycles. The minimum Gasteiger partial charge on any atom is -0.379 e. The lowest BCUT2D eigenvalue weighted by atomic mass is 9.88. The summed E-state index contributed by atoms with van der Waals surface area (Å²) in [5.74, 6) is 0.371. The molecule has 0 N–H and O–H groups in total. The van der Waals surface area contributed by atoms with Gasteiger partial charge >= 0.3 is 0 Å². The standard InChI is InChI=1S/C31H50N2O5/c1-8-22(2)30(32(5)24(4)34)28(37-6)21-29(36)33-20-14-18-26(33)31(38-7)23(3)27(35)19-13-17-25-15-11-9-10-12-16-25/h9-12,15-16,22-23,25-26,28,30-31H,8,13-14,17-21H2,1-7H3/t22-,23-,26-,28+,30-,31+/m0/s1. The maximum absolute atomic E-state index is 13.6. The first-order valence-electron chi connectivity index (χ1n) is 14.3. The zero-order chi connectivity index (χ0) is 28.2. The quantitative estimate of drug-likeness (QED) is 0.299. The fourth-order valence-electron chi connectivity index (χ4n) is 5.94. The van der Waals surface area contributed by atoms with Gasteiger partial charge < -0.3 is 19.3 Å². The van der Waals surface area contributed by atoms with Gasteiger partial charge in [0.15, 0.2) is 0 Å². The number of ether oxygens (including phenoxy) is 2. The fraction of sp³-hybridized carbons (Fsp3) is 0.710. The highest BCUT2D eigenvalue weighted by atomic mass is 16.5. The van der Waals surface area contributed by atoms with Gasteiger partial charge in [-0.2, -0.15) is 0 Å². The number of hydrogen-bond acceptors (Lipinski definition) is 5. The van der Waals surface area contributed by atoms with Crippen LogP contribution in [0.4, 0.5) is 0 Å². The van der Waals surface area contributed by atoms with Gasteiger partial charge in [0.05, 0.1) is 30.7 Å². The molecule has 0 bridgehead atoms. The molecule has 1 saturated heterocycles. The number of allylic oxidation sites excluding steroid dienone is 6. The van der Waals surface area contributed by atoms with Crippen molar-refractivity contribution >= 4 is 17.6 Å². The number of methoxy groups -OCH3 is 2. The molecule has 1 aliphatic heterocycles. The summed E-state index contributed by atoms with van der Waals surface area (Å²) in [5, 5.41) is 0. The lowest BCUT2D eigenvalue weighted by Crippen LogP contribution is -2.52. The number of ketones is 1. The SMILES string of the molecule is CC[C@H](C)[C@@H]([C@@H](CC(=O)N1CCC[C@H]1[C@H](OC)[C@@H](C)C(=O)CCCC1C=CC=CC=C1)OC)N(C)C(C)=O. The van der Waals surface area contributed by atoms with Crippen molar-refractivity contribution in [2.45, 2.75) is 96.9 Å². The second-order valence-corrected chi connectivity index (χ2v) is 10.9. The highest BCUT2D eigenvalue weighted by molar-refractivity contribution is 5.82. The van der Waals surface area contributed by atoms with Crippen molar-refractivity contribution in [1.29, 1.82) is 0 Å². The van der Waals surface area contributed by atoms with E-state index in [-0.39, 0.29) is 54.0 Å². The number of hydrogen-bond donors (Lipinski definition) is 0. The molecule has 0 aromatic heterocycles. The summed E-state index contributed by atoms with van der Waals surface area (Å²) < 4.78 is 11.7. The first-order valence-corrected chi connectivity index (χ1v) is 14.3. The van der Waals surface area contributed by atoms with Crippen LogP contribution in [0.1, 0.15) is 72.6 Å². The van der Waals surface area contributed by atoms with E-state index < -0.39 is 6.10 Å². The third-order valence-corrected chi connectivity index (χ3v) is 8.51. The van der Waals surface area contributed by atoms with Crippen molar-refractivity contribution in [3.05, 3.63) is 36.5 Å². The van der Waals surface area contributed by atoms with Crippen molar-refractivity contribution in [3.8, 4) is 0 Å². The topological polar surface area (TPSA) is 76.2 Å². The van der Waals surface area contributed by atoms with Gasteiger partial charge in [-0.25, -0.2) is 0 Å². The summed E-state index contributed by atoms with van der Waals surface area (Å²) in [7, 11) is 5.03. The maximum Gasteiger partial charge on any atom is 0.225 e. The van der Waals surface area contributed by atoms with Gasteiger partial charge in [-0.05, 0) is 37.5 Å². The van der Waals surface area contributed by atoms with Crippen LogP contribution in [0.5, 0.6) is 0 Å². The van der Waals surface area contributed by atoms with Gasteiger partial charge in [0.2, 0.25) is 11.8 Å². The predicted octanol–water partition coefficient (Wildman–Crippen LogP) is 4.96. The minimum absolute atomic E-state index is 0.00754. The van der Waals surface area contributed by atoms with Gasteiger partial charge in [-0.1, -0.05) is 63.6 Å². The Hall–Kier alpha value is -2.25. The molecule has 1 aliphatic carbocycles. The van der Waals surface area contributed by atoms with Crippen LogP contribution >= 0.6 is 0 Å². The molecule has 0 saturated carbocycles. The molecule has 0 aromatic rings. The second-order valence-electron chi connectivity index (χ2n) is 10.9. The van der Waals surface area contributed by atoms with Crippen molar-refractivity contribution in [2.75, 3.05) is 27.8 Å². The van der Waals surface area contributed by atoms with Crippen LogP contribution in [0.25, 0.3) is 0 Å². The number of Topliss-reactive ketones (excluding diaryl/α,β-unsaturated/α-hetero) is 1. The van der Waals surface area contributed by atoms with Gasteiger partial charge in [0.1, 0.15) is 5.78 Å². The van der Waals surface area contributed by atoms with Crippen molar-refractivity contribution in [1.82, 2.24) is 9.80 Å². The summed E-state index contributed by atoms with van der Waals surface area (Å²) in [5.41, 5.74) is 0. The normalized spacial score (nSPS) is 21.6. The van der Waals surface area contributed by atoms with Crippen LogP contribution in [-0.4, -0.2) is 79.5 Å². The van der Waals surface area contributed by atoms with E-state index in [4.69, 9.17) is 9.47 Å². The smallest absolute Gasteiger partial charge is 0.225 e. The highest BCUT2D eigenvalue weighted by Crippen LogP contribution is 2.30. The Labute approximate surface area is 230 Å². The number of carbonyl (C=O) groups excluding carboxylic acids is 3. The van der Waals surface area contributed by atoms with Crippen molar-refractivity contribution < 1.29 is 23.9 Å². The Morgan fingerprint density at radius 3 is 2.26 bits per heavy atom. The third kappa shape index (κ3) is 8.63. The Morgan fingerprint density at radius 1 is 1.05 bits per heavy atom. The highest BCUT2D eigenvalue weighted by Gasteiger charge is 2.41. The molecule has 0 aromatic carbocycles. The van der Waals surface area contributed by atoms with E-state index in [9.17, 15) is 14.4 Å². The Balaban J connectivity index is 2.04. The summed E-state index contributed by atoms with van der Waals surface area (Å²) >= 11 is 0. The second kappa shape index (κ2) is 16.0. The number of nitrogens with zero attached hydrogens (tertiary/aromatic N) is 2. The van der Waals surface area contributed by atoms with Gasteiger partial charge in [0, 0.05) is 47.1 Å². The molecule has 38 heavy (non-hydrogen) atoms. The molecule has 7 nitrogen and oxygen atoms in total. The number of likely N-dealkylation sites (tertiary alicyclic amines) is 1. The van der Waals surface area contributed by atoms with Crippen LogP contribution in [0.2, 0.25) is 0 Å². The van der Waals surface area contributed by atoms with E-state index in [0.717, 1.165) is 32.1 Å². The summed E-state index contributed by atoms with van der Waals surface area (Å²) in [6, 6.07) is -0.338. The minimum atomic E-state index is -0.407. The largest absolute Gasteiger partial charge is 0.379 e. The van der Waals surface area contributed by atoms with Crippen molar-refractivity contribution in [3.63, 3.8) is 0 Å². The molecule has 7 heteroatoms. The first kappa shape index (κ1) is 32.0. The van der Waals surface area contributed by atoms with E-state index in [1.807, 2.05) is 24.0 Å². The molecule has 2 rings (SSSR count). The van der Waals surface area contributed by atoms with Crippen molar-refractivity contribution in [2.24, 2.45) is 17.8 Å². The maximum atomic E-state index is 13.6. The summed E-state index contributed by atoms with van der Waals surface area (Å²) in [6.45, 7) is 8.30. The van der Waals surface area contributed by atoms with Gasteiger partial charge in [-0.15, -0.1) is 0 Å². The van der Waals surface area contributed by atoms with E-state index >= 15 is 0 Å². The lowest BCUT2D eigenvalue weighted by Gasteiger charge is -2.39. The average Bonchev–Trinajstić information content (AvgIpc) is 3.24. The number of amides is 2. The number of likely N-dealkylation sites (N-methyl/N-ethyl adjacent to an activating group) is 1. The average molecular weight is 531 g/mol. The Morgan fingerprint density at radius 2 is 1.71 bits per heavy atom.